The van der Waals surface area contributed by atoms with Gasteiger partial charge in [0.1, 0.15) is 5.60 Å². The molecule has 0 unspecified atom stereocenters. The number of nitrogens with one attached hydrogen (secondary N) is 1. The molecule has 0 spiro atoms. The number of nitrogens with zero attached hydrogens (tertiary/aromatic N) is 1. The van der Waals surface area contributed by atoms with E-state index in [1.807, 2.05) is 45.9 Å². The number of aryl methyl sites for hydroxylation is 2. The number of hydrogen-bond donors (Lipinski definition) is 2. The van der Waals surface area contributed by atoms with E-state index in [1.54, 1.807) is 6.08 Å². The lowest BCUT2D eigenvalue weighted by atomic mass is 9.91. The topological polar surface area (TPSA) is 88.5 Å². The van der Waals surface area contributed by atoms with Gasteiger partial charge >= 0.3 is 12.1 Å². The van der Waals surface area contributed by atoms with E-state index in [9.17, 15) is 9.59 Å². The molecule has 0 saturated heterocycles. The summed E-state index contributed by atoms with van der Waals surface area (Å²) in [6, 6.07) is 14.0. The van der Waals surface area contributed by atoms with E-state index in [0.29, 0.717) is 0 Å². The van der Waals surface area contributed by atoms with Crippen LogP contribution in [-0.2, 0) is 22.5 Å². The number of fused-ring (bicyclic) bond motifs is 1. The third-order valence-corrected chi connectivity index (χ3v) is 5.25. The highest BCUT2D eigenvalue weighted by molar-refractivity contribution is 5.98. The highest BCUT2D eigenvalue weighted by atomic mass is 16.6. The first-order chi connectivity index (χ1) is 16.1. The van der Waals surface area contributed by atoms with Crippen molar-refractivity contribution in [3.8, 4) is 11.1 Å². The summed E-state index contributed by atoms with van der Waals surface area (Å²) in [7, 11) is 0. The van der Waals surface area contributed by atoms with E-state index in [0.717, 1.165) is 63.3 Å². The van der Waals surface area contributed by atoms with Gasteiger partial charge < -0.3 is 15.2 Å². The molecule has 0 atom stereocenters. The first-order valence-corrected chi connectivity index (χ1v) is 11.5. The largest absolute Gasteiger partial charge is 0.478 e. The molecule has 2 aromatic carbocycles. The third-order valence-electron chi connectivity index (χ3n) is 5.25. The summed E-state index contributed by atoms with van der Waals surface area (Å²) in [5.74, 6) is -1.00. The number of benzene rings is 2. The van der Waals surface area contributed by atoms with Crippen molar-refractivity contribution in [3.05, 3.63) is 70.9 Å². The molecule has 178 valence electrons. The molecule has 0 saturated carbocycles. The number of hydrogen-bond acceptors (Lipinski definition) is 4. The molecule has 0 bridgehead atoms. The number of amides is 1. The predicted molar refractivity (Wildman–Crippen MR) is 136 cm³/mol. The van der Waals surface area contributed by atoms with Gasteiger partial charge in [-0.25, -0.2) is 9.59 Å². The van der Waals surface area contributed by atoms with Gasteiger partial charge in [0.15, 0.2) is 0 Å². The predicted octanol–water partition coefficient (Wildman–Crippen LogP) is 6.29. The second-order valence-corrected chi connectivity index (χ2v) is 9.33. The van der Waals surface area contributed by atoms with Crippen molar-refractivity contribution in [1.29, 1.82) is 0 Å². The van der Waals surface area contributed by atoms with E-state index in [-0.39, 0.29) is 6.54 Å². The number of carbonyl (C=O) groups excluding carboxylic acids is 1. The van der Waals surface area contributed by atoms with Gasteiger partial charge in [0.2, 0.25) is 0 Å². The Kier molecular flexibility index (Phi) is 7.72. The van der Waals surface area contributed by atoms with Crippen molar-refractivity contribution in [2.24, 2.45) is 0 Å². The minimum absolute atomic E-state index is 0.269. The van der Waals surface area contributed by atoms with Crippen molar-refractivity contribution < 1.29 is 19.4 Å². The molecule has 2 N–H and O–H groups in total. The summed E-state index contributed by atoms with van der Waals surface area (Å²) in [5, 5.41) is 12.8. The maximum Gasteiger partial charge on any atom is 0.407 e. The van der Waals surface area contributed by atoms with Crippen molar-refractivity contribution in [2.45, 2.75) is 59.6 Å². The Morgan fingerprint density at radius 1 is 1.12 bits per heavy atom. The van der Waals surface area contributed by atoms with Gasteiger partial charge in [-0.05, 0) is 69.0 Å². The Hall–Kier alpha value is -3.67. The molecule has 0 radical (unpaired) electrons. The van der Waals surface area contributed by atoms with Gasteiger partial charge in [-0.2, -0.15) is 0 Å². The maximum atomic E-state index is 12.4. The molecule has 1 amide bonds. The summed E-state index contributed by atoms with van der Waals surface area (Å²) >= 11 is 0. The number of aliphatic carboxylic acids is 1. The SMILES string of the molecule is CCCc1nc2ccc(/C=C/C(=O)O)cc2c(-c2ccc(C)cc2)c1CNC(=O)OC(C)(C)C. The minimum Gasteiger partial charge on any atom is -0.478 e. The zero-order valence-electron chi connectivity index (χ0n) is 20.4. The van der Waals surface area contributed by atoms with Crippen molar-refractivity contribution >= 4 is 29.0 Å². The summed E-state index contributed by atoms with van der Waals surface area (Å²) in [6.07, 6.45) is 3.88. The lowest BCUT2D eigenvalue weighted by Gasteiger charge is -2.22. The molecule has 1 aromatic heterocycles. The first kappa shape index (κ1) is 25.0. The molecule has 34 heavy (non-hydrogen) atoms. The monoisotopic (exact) mass is 460 g/mol. The van der Waals surface area contributed by atoms with E-state index in [2.05, 4.69) is 36.5 Å². The fraction of sp³-hybridized carbons (Fsp3) is 0.321. The Morgan fingerprint density at radius 2 is 1.82 bits per heavy atom. The number of rotatable bonds is 7. The van der Waals surface area contributed by atoms with Crippen LogP contribution in [0.15, 0.2) is 48.5 Å². The molecule has 0 fully saturated rings. The highest BCUT2D eigenvalue weighted by Gasteiger charge is 2.20. The molecule has 0 aliphatic rings. The fourth-order valence-electron chi connectivity index (χ4n) is 3.80. The number of ether oxygens (including phenoxy) is 1. The molecule has 3 rings (SSSR count). The van der Waals surface area contributed by atoms with Crippen LogP contribution < -0.4 is 5.32 Å². The quantitative estimate of drug-likeness (QED) is 0.405. The summed E-state index contributed by atoms with van der Waals surface area (Å²) in [4.78, 5) is 28.4. The van der Waals surface area contributed by atoms with E-state index >= 15 is 0 Å². The zero-order valence-corrected chi connectivity index (χ0v) is 20.4. The van der Waals surface area contributed by atoms with Gasteiger partial charge in [-0.3, -0.25) is 4.98 Å². The van der Waals surface area contributed by atoms with Gasteiger partial charge in [0.25, 0.3) is 0 Å². The fourth-order valence-corrected chi connectivity index (χ4v) is 3.80. The molecule has 0 aliphatic heterocycles. The zero-order chi connectivity index (χ0) is 24.9. The number of carboxylic acids is 1. The van der Waals surface area contributed by atoms with Crippen LogP contribution >= 0.6 is 0 Å². The Morgan fingerprint density at radius 3 is 2.44 bits per heavy atom. The van der Waals surface area contributed by atoms with E-state index in [1.165, 1.54) is 0 Å². The number of carbonyl (C=O) groups is 2. The van der Waals surface area contributed by atoms with Crippen LogP contribution in [-0.4, -0.2) is 27.8 Å². The molecular weight excluding hydrogens is 428 g/mol. The number of carboxylic acid groups (broad SMARTS) is 1. The number of pyridine rings is 1. The van der Waals surface area contributed by atoms with Crippen molar-refractivity contribution in [3.63, 3.8) is 0 Å². The molecule has 3 aromatic rings. The van der Waals surface area contributed by atoms with Crippen molar-refractivity contribution in [2.75, 3.05) is 0 Å². The van der Waals surface area contributed by atoms with Crippen molar-refractivity contribution in [1.82, 2.24) is 10.3 Å². The van der Waals surface area contributed by atoms with Crippen LogP contribution in [0.3, 0.4) is 0 Å². The van der Waals surface area contributed by atoms with E-state index in [4.69, 9.17) is 14.8 Å². The number of aromatic nitrogens is 1. The average molecular weight is 461 g/mol. The second-order valence-electron chi connectivity index (χ2n) is 9.33. The highest BCUT2D eigenvalue weighted by Crippen LogP contribution is 2.35. The second kappa shape index (κ2) is 10.5. The van der Waals surface area contributed by atoms with Crippen LogP contribution in [0, 0.1) is 6.92 Å². The lowest BCUT2D eigenvalue weighted by Crippen LogP contribution is -2.32. The van der Waals surface area contributed by atoms with Crippen LogP contribution in [0.4, 0.5) is 4.79 Å². The Labute approximate surface area is 200 Å². The molecule has 6 nitrogen and oxygen atoms in total. The minimum atomic E-state index is -1.00. The first-order valence-electron chi connectivity index (χ1n) is 11.5. The molecule has 6 heteroatoms. The smallest absolute Gasteiger partial charge is 0.407 e. The lowest BCUT2D eigenvalue weighted by molar-refractivity contribution is -0.131. The standard InChI is InChI=1S/C28H32N2O4/c1-6-7-23-22(17-29-27(33)34-28(3,4)5)26(20-12-8-18(2)9-13-20)21-16-19(11-15-25(31)32)10-14-24(21)30-23/h8-16H,6-7,17H2,1-5H3,(H,29,33)(H,31,32)/b15-11+. The van der Waals surface area contributed by atoms with Crippen LogP contribution in [0.25, 0.3) is 28.1 Å². The van der Waals surface area contributed by atoms with Gasteiger partial charge in [-0.1, -0.05) is 49.2 Å². The number of alkyl carbamates (subject to hydrolysis) is 1. The maximum absolute atomic E-state index is 12.4. The van der Waals surface area contributed by atoms with E-state index < -0.39 is 17.7 Å². The third kappa shape index (κ3) is 6.44. The average Bonchev–Trinajstić information content (AvgIpc) is 2.75. The van der Waals surface area contributed by atoms with Gasteiger partial charge in [-0.15, -0.1) is 0 Å². The molecular formula is C28H32N2O4. The normalized spacial score (nSPS) is 11.7. The summed E-state index contributed by atoms with van der Waals surface area (Å²) in [5.41, 5.74) is 5.99. The van der Waals surface area contributed by atoms with Gasteiger partial charge in [0.05, 0.1) is 5.52 Å². The Balaban J connectivity index is 2.21. The Bertz CT molecular complexity index is 1220. The van der Waals surface area contributed by atoms with Crippen LogP contribution in [0.5, 0.6) is 0 Å². The van der Waals surface area contributed by atoms with Crippen LogP contribution in [0.2, 0.25) is 0 Å². The molecule has 0 aliphatic carbocycles. The molecule has 1 heterocycles. The summed E-state index contributed by atoms with van der Waals surface area (Å²) in [6.45, 7) is 9.90. The summed E-state index contributed by atoms with van der Waals surface area (Å²) < 4.78 is 5.45. The van der Waals surface area contributed by atoms with Gasteiger partial charge in [0, 0.05) is 29.3 Å². The van der Waals surface area contributed by atoms with Crippen LogP contribution in [0.1, 0.15) is 56.5 Å².